The molecular formula is C8H11NO3. The van der Waals surface area contributed by atoms with Crippen LogP contribution < -0.4 is 10.7 Å². The second kappa shape index (κ2) is 4.06. The van der Waals surface area contributed by atoms with Crippen LogP contribution in [0.4, 0.5) is 0 Å². The van der Waals surface area contributed by atoms with Crippen molar-refractivity contribution >= 4 is 0 Å². The van der Waals surface area contributed by atoms with Gasteiger partial charge in [-0.25, -0.2) is 0 Å². The maximum absolute atomic E-state index is 9.26. The minimum Gasteiger partial charge on any atom is -0.411 e. The standard InChI is InChI=1S/C8H11NO3/c9-12-8-4-2-1-3-6(8)7(11)5-10/h1-4,7,10-11H,5,9H2. The average Bonchev–Trinajstić information content (AvgIpc) is 2.16. The van der Waals surface area contributed by atoms with E-state index in [4.69, 9.17) is 11.0 Å². The number of nitrogens with two attached hydrogens (primary N) is 1. The van der Waals surface area contributed by atoms with Crippen LogP contribution in [-0.2, 0) is 0 Å². The molecule has 66 valence electrons. The van der Waals surface area contributed by atoms with Crippen molar-refractivity contribution in [3.8, 4) is 5.75 Å². The minimum absolute atomic E-state index is 0.347. The second-order valence-corrected chi connectivity index (χ2v) is 2.35. The molecule has 0 amide bonds. The van der Waals surface area contributed by atoms with Crippen LogP contribution in [0.3, 0.4) is 0 Å². The van der Waals surface area contributed by atoms with Gasteiger partial charge in [-0.15, -0.1) is 0 Å². The van der Waals surface area contributed by atoms with E-state index in [2.05, 4.69) is 4.84 Å². The minimum atomic E-state index is -0.940. The lowest BCUT2D eigenvalue weighted by Crippen LogP contribution is -2.09. The van der Waals surface area contributed by atoms with E-state index in [0.717, 1.165) is 0 Å². The third-order valence-corrected chi connectivity index (χ3v) is 1.58. The molecule has 0 fully saturated rings. The van der Waals surface area contributed by atoms with Crippen molar-refractivity contribution in [2.45, 2.75) is 6.10 Å². The van der Waals surface area contributed by atoms with E-state index in [9.17, 15) is 5.11 Å². The summed E-state index contributed by atoms with van der Waals surface area (Å²) in [4.78, 5) is 4.50. The third-order valence-electron chi connectivity index (χ3n) is 1.58. The van der Waals surface area contributed by atoms with E-state index in [1.807, 2.05) is 0 Å². The quantitative estimate of drug-likeness (QED) is 0.555. The molecular weight excluding hydrogens is 158 g/mol. The van der Waals surface area contributed by atoms with Crippen molar-refractivity contribution in [3.63, 3.8) is 0 Å². The van der Waals surface area contributed by atoms with E-state index in [0.29, 0.717) is 11.3 Å². The van der Waals surface area contributed by atoms with Gasteiger partial charge in [0, 0.05) is 5.56 Å². The van der Waals surface area contributed by atoms with Gasteiger partial charge in [0.25, 0.3) is 0 Å². The lowest BCUT2D eigenvalue weighted by atomic mass is 10.1. The number of para-hydroxylation sites is 1. The Labute approximate surface area is 70.2 Å². The highest BCUT2D eigenvalue weighted by atomic mass is 16.6. The van der Waals surface area contributed by atoms with Gasteiger partial charge in [-0.1, -0.05) is 18.2 Å². The Hall–Kier alpha value is -1.10. The highest BCUT2D eigenvalue weighted by molar-refractivity contribution is 5.34. The Morgan fingerprint density at radius 2 is 2.08 bits per heavy atom. The Kier molecular flexibility index (Phi) is 3.04. The van der Waals surface area contributed by atoms with Gasteiger partial charge >= 0.3 is 0 Å². The molecule has 0 bridgehead atoms. The Balaban J connectivity index is 2.96. The Morgan fingerprint density at radius 1 is 1.42 bits per heavy atom. The van der Waals surface area contributed by atoms with Crippen molar-refractivity contribution in [3.05, 3.63) is 29.8 Å². The molecule has 1 aromatic rings. The predicted octanol–water partition coefficient (Wildman–Crippen LogP) is -0.0352. The molecule has 0 heterocycles. The molecule has 0 aliphatic carbocycles. The van der Waals surface area contributed by atoms with Crippen LogP contribution in [0.15, 0.2) is 24.3 Å². The van der Waals surface area contributed by atoms with E-state index < -0.39 is 6.10 Å². The van der Waals surface area contributed by atoms with Crippen molar-refractivity contribution in [1.29, 1.82) is 0 Å². The van der Waals surface area contributed by atoms with Gasteiger partial charge in [-0.2, -0.15) is 5.90 Å². The number of aliphatic hydroxyl groups is 2. The molecule has 1 unspecified atom stereocenters. The maximum atomic E-state index is 9.26. The van der Waals surface area contributed by atoms with Crippen LogP contribution in [0.5, 0.6) is 5.75 Å². The monoisotopic (exact) mass is 169 g/mol. The summed E-state index contributed by atoms with van der Waals surface area (Å²) in [6.45, 7) is -0.347. The van der Waals surface area contributed by atoms with Crippen LogP contribution in [0.25, 0.3) is 0 Å². The topological polar surface area (TPSA) is 75.7 Å². The average molecular weight is 169 g/mol. The zero-order valence-corrected chi connectivity index (χ0v) is 6.47. The highest BCUT2D eigenvalue weighted by Crippen LogP contribution is 2.23. The first-order chi connectivity index (χ1) is 5.79. The van der Waals surface area contributed by atoms with Gasteiger partial charge in [-0.05, 0) is 6.07 Å². The fraction of sp³-hybridized carbons (Fsp3) is 0.250. The first-order valence-electron chi connectivity index (χ1n) is 3.54. The van der Waals surface area contributed by atoms with E-state index in [1.165, 1.54) is 0 Å². The zero-order chi connectivity index (χ0) is 8.97. The van der Waals surface area contributed by atoms with E-state index in [1.54, 1.807) is 24.3 Å². The van der Waals surface area contributed by atoms with Crippen molar-refractivity contribution in [2.75, 3.05) is 6.61 Å². The summed E-state index contributed by atoms with van der Waals surface area (Å²) < 4.78 is 0. The third kappa shape index (κ3) is 1.73. The summed E-state index contributed by atoms with van der Waals surface area (Å²) in [5, 5.41) is 17.9. The lowest BCUT2D eigenvalue weighted by molar-refractivity contribution is 0.0926. The molecule has 0 saturated heterocycles. The van der Waals surface area contributed by atoms with E-state index in [-0.39, 0.29) is 6.61 Å². The largest absolute Gasteiger partial charge is 0.411 e. The number of hydrogen-bond donors (Lipinski definition) is 3. The molecule has 1 rings (SSSR count). The van der Waals surface area contributed by atoms with E-state index >= 15 is 0 Å². The summed E-state index contributed by atoms with van der Waals surface area (Å²) in [5.74, 6) is 5.32. The Morgan fingerprint density at radius 3 is 2.67 bits per heavy atom. The molecule has 4 N–H and O–H groups in total. The van der Waals surface area contributed by atoms with Crippen molar-refractivity contribution in [1.82, 2.24) is 0 Å². The molecule has 12 heavy (non-hydrogen) atoms. The molecule has 0 spiro atoms. The smallest absolute Gasteiger partial charge is 0.152 e. The summed E-state index contributed by atoms with van der Waals surface area (Å²) in [5.41, 5.74) is 0.488. The lowest BCUT2D eigenvalue weighted by Gasteiger charge is -2.10. The van der Waals surface area contributed by atoms with Crippen LogP contribution in [-0.4, -0.2) is 16.8 Å². The van der Waals surface area contributed by atoms with Crippen LogP contribution in [0.2, 0.25) is 0 Å². The molecule has 4 nitrogen and oxygen atoms in total. The Bertz CT molecular complexity index is 252. The molecule has 1 atom stereocenters. The number of aliphatic hydroxyl groups excluding tert-OH is 2. The van der Waals surface area contributed by atoms with Gasteiger partial charge in [0.2, 0.25) is 0 Å². The molecule has 0 radical (unpaired) electrons. The normalized spacial score (nSPS) is 12.6. The van der Waals surface area contributed by atoms with Crippen LogP contribution in [0, 0.1) is 0 Å². The summed E-state index contributed by atoms with van der Waals surface area (Å²) in [7, 11) is 0. The number of benzene rings is 1. The van der Waals surface area contributed by atoms with Gasteiger partial charge in [-0.3, -0.25) is 0 Å². The highest BCUT2D eigenvalue weighted by Gasteiger charge is 2.10. The molecule has 0 saturated carbocycles. The summed E-state index contributed by atoms with van der Waals surface area (Å²) in [6, 6.07) is 6.73. The fourth-order valence-electron chi connectivity index (χ4n) is 0.961. The zero-order valence-electron chi connectivity index (χ0n) is 6.47. The van der Waals surface area contributed by atoms with Gasteiger partial charge in [0.1, 0.15) is 6.10 Å². The SMILES string of the molecule is NOc1ccccc1C(O)CO. The summed E-state index contributed by atoms with van der Waals surface area (Å²) >= 11 is 0. The van der Waals surface area contributed by atoms with Crippen molar-refractivity contribution in [2.24, 2.45) is 5.90 Å². The van der Waals surface area contributed by atoms with Crippen molar-refractivity contribution < 1.29 is 15.1 Å². The molecule has 0 aliphatic rings. The molecule has 0 aliphatic heterocycles. The first-order valence-corrected chi connectivity index (χ1v) is 3.54. The predicted molar refractivity (Wildman–Crippen MR) is 43.3 cm³/mol. The first kappa shape index (κ1) is 8.99. The summed E-state index contributed by atoms with van der Waals surface area (Å²) in [6.07, 6.45) is -0.940. The molecule has 4 heteroatoms. The maximum Gasteiger partial charge on any atom is 0.152 e. The van der Waals surface area contributed by atoms with Gasteiger partial charge in [0.05, 0.1) is 6.61 Å². The molecule has 1 aromatic carbocycles. The van der Waals surface area contributed by atoms with Crippen LogP contribution in [0.1, 0.15) is 11.7 Å². The fourth-order valence-corrected chi connectivity index (χ4v) is 0.961. The number of rotatable bonds is 3. The second-order valence-electron chi connectivity index (χ2n) is 2.35. The molecule has 0 aromatic heterocycles. The number of hydrogen-bond acceptors (Lipinski definition) is 4. The van der Waals surface area contributed by atoms with Crippen LogP contribution >= 0.6 is 0 Å². The van der Waals surface area contributed by atoms with Gasteiger partial charge < -0.3 is 15.1 Å². The van der Waals surface area contributed by atoms with Gasteiger partial charge in [0.15, 0.2) is 5.75 Å².